The van der Waals surface area contributed by atoms with Crippen molar-refractivity contribution in [1.82, 2.24) is 10.2 Å². The highest BCUT2D eigenvalue weighted by Gasteiger charge is 2.30. The lowest BCUT2D eigenvalue weighted by molar-refractivity contribution is 0.0251. The Morgan fingerprint density at radius 1 is 1.30 bits per heavy atom. The lowest BCUT2D eigenvalue weighted by atomic mass is 9.82. The number of ether oxygens (including phenoxy) is 1. The average Bonchev–Trinajstić information content (AvgIpc) is 2.93. The topological polar surface area (TPSA) is 41.6 Å². The van der Waals surface area contributed by atoms with E-state index in [0.717, 1.165) is 47.3 Å². The Morgan fingerprint density at radius 2 is 1.97 bits per heavy atom. The van der Waals surface area contributed by atoms with Crippen LogP contribution in [0.1, 0.15) is 98.1 Å². The molecule has 0 spiro atoms. The van der Waals surface area contributed by atoms with Crippen molar-refractivity contribution >= 4 is 39.7 Å². The van der Waals surface area contributed by atoms with Crippen LogP contribution in [0, 0.1) is 5.92 Å². The normalized spacial score (nSPS) is 19.0. The molecule has 2 rings (SSSR count). The van der Waals surface area contributed by atoms with Crippen LogP contribution in [0.3, 0.4) is 0 Å². The number of benzene rings is 1. The minimum absolute atomic E-state index is 0.128. The molecule has 37 heavy (non-hydrogen) atoms. The third-order valence-corrected chi connectivity index (χ3v) is 7.41. The zero-order chi connectivity index (χ0) is 28.2. The van der Waals surface area contributed by atoms with Gasteiger partial charge in [0.05, 0.1) is 6.04 Å². The number of halogens is 2. The average molecular weight is 596 g/mol. The van der Waals surface area contributed by atoms with E-state index in [1.54, 1.807) is 11.1 Å². The molecule has 208 valence electrons. The largest absolute Gasteiger partial charge is 0.444 e. The Bertz CT molecular complexity index is 936. The third-order valence-electron chi connectivity index (χ3n) is 6.49. The zero-order valence-electron chi connectivity index (χ0n) is 24.2. The first-order chi connectivity index (χ1) is 17.5. The summed E-state index contributed by atoms with van der Waals surface area (Å²) in [6.45, 7) is 21.4. The number of hydrogen-bond acceptors (Lipinski definition) is 3. The van der Waals surface area contributed by atoms with Crippen molar-refractivity contribution in [1.29, 1.82) is 0 Å². The van der Waals surface area contributed by atoms with Crippen molar-refractivity contribution < 1.29 is 9.53 Å². The van der Waals surface area contributed by atoms with Crippen LogP contribution in [0.2, 0.25) is 5.02 Å². The summed E-state index contributed by atoms with van der Waals surface area (Å²) in [6, 6.07) is 6.33. The van der Waals surface area contributed by atoms with E-state index in [0.29, 0.717) is 18.4 Å². The summed E-state index contributed by atoms with van der Waals surface area (Å²) in [5, 5.41) is 4.26. The van der Waals surface area contributed by atoms with Gasteiger partial charge in [0.25, 0.3) is 0 Å². The van der Waals surface area contributed by atoms with Gasteiger partial charge in [0, 0.05) is 28.5 Å². The summed E-state index contributed by atoms with van der Waals surface area (Å²) >= 11 is 10.1. The maximum atomic E-state index is 12.4. The highest BCUT2D eigenvalue weighted by molar-refractivity contribution is 9.12. The van der Waals surface area contributed by atoms with Gasteiger partial charge >= 0.3 is 6.09 Å². The molecule has 0 saturated heterocycles. The number of nitrogens with one attached hydrogen (secondary N) is 1. The maximum Gasteiger partial charge on any atom is 0.410 e. The van der Waals surface area contributed by atoms with E-state index in [1.165, 1.54) is 11.1 Å². The molecule has 0 saturated carbocycles. The van der Waals surface area contributed by atoms with E-state index in [4.69, 9.17) is 16.3 Å². The molecular weight excluding hydrogens is 548 g/mol. The van der Waals surface area contributed by atoms with E-state index >= 15 is 0 Å². The van der Waals surface area contributed by atoms with Gasteiger partial charge < -0.3 is 15.0 Å². The summed E-state index contributed by atoms with van der Waals surface area (Å²) < 4.78 is 6.62. The molecule has 0 aromatic heterocycles. The quantitative estimate of drug-likeness (QED) is 0.293. The minimum atomic E-state index is -0.471. The second-order valence-corrected chi connectivity index (χ2v) is 11.6. The lowest BCUT2D eigenvalue weighted by Crippen LogP contribution is -2.37. The van der Waals surface area contributed by atoms with Crippen LogP contribution in [0.5, 0.6) is 0 Å². The van der Waals surface area contributed by atoms with Crippen LogP contribution in [0.15, 0.2) is 47.1 Å². The lowest BCUT2D eigenvalue weighted by Gasteiger charge is -2.30. The van der Waals surface area contributed by atoms with Gasteiger partial charge in [0.1, 0.15) is 5.60 Å². The molecule has 0 fully saturated rings. The number of nitrogens with zero attached hydrogens (tertiary/aromatic N) is 1. The highest BCUT2D eigenvalue weighted by atomic mass is 79.9. The van der Waals surface area contributed by atoms with Crippen LogP contribution in [-0.2, 0) is 4.74 Å². The van der Waals surface area contributed by atoms with Gasteiger partial charge in [0.15, 0.2) is 0 Å². The first kappa shape index (κ1) is 33.3. The summed E-state index contributed by atoms with van der Waals surface area (Å²) in [7, 11) is 0. The fourth-order valence-corrected chi connectivity index (χ4v) is 5.56. The summed E-state index contributed by atoms with van der Waals surface area (Å²) in [5.74, 6) is 0.803. The molecule has 3 atom stereocenters. The van der Waals surface area contributed by atoms with Crippen LogP contribution in [0.4, 0.5) is 4.79 Å². The first-order valence-electron chi connectivity index (χ1n) is 13.7. The Labute approximate surface area is 239 Å². The molecular formula is C31H48BrClN2O2. The number of rotatable bonds is 10. The molecule has 0 radical (unpaired) electrons. The van der Waals surface area contributed by atoms with Crippen LogP contribution >= 0.6 is 27.5 Å². The Balaban J connectivity index is 0.00000334. The number of carbonyl (C=O) groups is 1. The van der Waals surface area contributed by atoms with E-state index in [1.807, 2.05) is 53.7 Å². The SMILES string of the molecule is C=CNC1/C(=C\C)C(Br)=Cc2cc(Cl)ccc2C1CCCC(C)CCN(CC)C(=O)OC(C)(C)C.CC. The molecule has 0 bridgehead atoms. The standard InChI is InChI=1S/C29H42BrClN2O2.C2H6/c1-8-23-26(30)19-21-18-22(31)14-15-24(21)25(27(23)32-9-2)13-11-12-20(4)16-17-33(10-3)28(34)35-29(5,6)7;1-2/h8-9,14-15,18-20,25,27,32H,2,10-13,16-17H2,1,3-7H3;1-2H3/b23-8-;. The third kappa shape index (κ3) is 10.5. The van der Waals surface area contributed by atoms with Crippen molar-refractivity contribution in [3.05, 3.63) is 63.3 Å². The predicted molar refractivity (Wildman–Crippen MR) is 164 cm³/mol. The Kier molecular flexibility index (Phi) is 14.7. The predicted octanol–water partition coefficient (Wildman–Crippen LogP) is 9.70. The molecule has 1 aromatic carbocycles. The molecule has 1 aromatic rings. The van der Waals surface area contributed by atoms with Crippen molar-refractivity contribution in [2.24, 2.45) is 5.92 Å². The molecule has 3 unspecified atom stereocenters. The second kappa shape index (κ2) is 16.3. The van der Waals surface area contributed by atoms with Gasteiger partial charge in [-0.05, 0) is 94.5 Å². The molecule has 0 heterocycles. The summed E-state index contributed by atoms with van der Waals surface area (Å²) in [4.78, 5) is 14.2. The van der Waals surface area contributed by atoms with Crippen molar-refractivity contribution in [2.75, 3.05) is 13.1 Å². The van der Waals surface area contributed by atoms with Crippen molar-refractivity contribution in [2.45, 2.75) is 98.6 Å². The van der Waals surface area contributed by atoms with Crippen LogP contribution in [0.25, 0.3) is 6.08 Å². The van der Waals surface area contributed by atoms with Gasteiger partial charge in [-0.15, -0.1) is 0 Å². The van der Waals surface area contributed by atoms with Gasteiger partial charge in [-0.25, -0.2) is 4.79 Å². The van der Waals surface area contributed by atoms with Crippen molar-refractivity contribution in [3.8, 4) is 0 Å². The van der Waals surface area contributed by atoms with Gasteiger partial charge in [-0.1, -0.05) is 79.9 Å². The number of hydrogen-bond donors (Lipinski definition) is 1. The zero-order valence-corrected chi connectivity index (χ0v) is 26.5. The van der Waals surface area contributed by atoms with E-state index in [2.05, 4.69) is 59.9 Å². The van der Waals surface area contributed by atoms with Gasteiger partial charge in [-0.3, -0.25) is 0 Å². The number of carbonyl (C=O) groups excluding carboxylic acids is 1. The van der Waals surface area contributed by atoms with Gasteiger partial charge in [-0.2, -0.15) is 0 Å². The summed E-state index contributed by atoms with van der Waals surface area (Å²) in [5.41, 5.74) is 3.22. The monoisotopic (exact) mass is 594 g/mol. The molecule has 1 aliphatic rings. The smallest absolute Gasteiger partial charge is 0.410 e. The second-order valence-electron chi connectivity index (χ2n) is 10.3. The number of amides is 1. The molecule has 4 nitrogen and oxygen atoms in total. The number of fused-ring (bicyclic) bond motifs is 1. The minimum Gasteiger partial charge on any atom is -0.444 e. The Hall–Kier alpha value is -1.72. The molecule has 1 N–H and O–H groups in total. The van der Waals surface area contributed by atoms with E-state index in [-0.39, 0.29) is 12.1 Å². The first-order valence-corrected chi connectivity index (χ1v) is 14.9. The Morgan fingerprint density at radius 3 is 2.54 bits per heavy atom. The van der Waals surface area contributed by atoms with Crippen molar-refractivity contribution in [3.63, 3.8) is 0 Å². The van der Waals surface area contributed by atoms with Crippen LogP contribution < -0.4 is 5.32 Å². The van der Waals surface area contributed by atoms with Crippen LogP contribution in [-0.4, -0.2) is 35.7 Å². The summed E-state index contributed by atoms with van der Waals surface area (Å²) in [6.07, 6.45) is 10.1. The molecule has 1 amide bonds. The molecule has 1 aliphatic carbocycles. The van der Waals surface area contributed by atoms with Gasteiger partial charge in [0.2, 0.25) is 0 Å². The van der Waals surface area contributed by atoms with E-state index < -0.39 is 5.60 Å². The molecule has 6 heteroatoms. The highest BCUT2D eigenvalue weighted by Crippen LogP contribution is 2.41. The molecule has 0 aliphatic heterocycles. The van der Waals surface area contributed by atoms with E-state index in [9.17, 15) is 4.79 Å². The fraction of sp³-hybridized carbons (Fsp3) is 0.581. The number of allylic oxidation sites excluding steroid dienone is 1. The fourth-order valence-electron chi connectivity index (χ4n) is 4.66. The maximum absolute atomic E-state index is 12.4.